The van der Waals surface area contributed by atoms with Crippen molar-refractivity contribution in [2.75, 3.05) is 19.8 Å². The van der Waals surface area contributed by atoms with Gasteiger partial charge in [-0.2, -0.15) is 0 Å². The largest absolute Gasteiger partial charge is 0.478 e. The molecule has 0 bridgehead atoms. The number of hydrogen-bond donors (Lipinski definition) is 2. The van der Waals surface area contributed by atoms with Crippen LogP contribution in [0, 0.1) is 0 Å². The highest BCUT2D eigenvalue weighted by Gasteiger charge is 2.34. The number of aromatic nitrogens is 1. The molecule has 2 heterocycles. The van der Waals surface area contributed by atoms with Crippen LogP contribution in [0.2, 0.25) is 0 Å². The molecule has 0 aliphatic carbocycles. The van der Waals surface area contributed by atoms with Crippen molar-refractivity contribution in [2.24, 2.45) is 0 Å². The topological polar surface area (TPSA) is 100.0 Å². The Morgan fingerprint density at radius 3 is 2.35 bits per heavy atom. The van der Waals surface area contributed by atoms with Crippen molar-refractivity contribution >= 4 is 11.9 Å². The van der Waals surface area contributed by atoms with E-state index in [0.29, 0.717) is 24.4 Å². The van der Waals surface area contributed by atoms with Gasteiger partial charge < -0.3 is 19.8 Å². The van der Waals surface area contributed by atoms with Crippen LogP contribution in [0.4, 0.5) is 0 Å². The first-order valence-corrected chi connectivity index (χ1v) is 8.37. The molecule has 136 valence electrons. The molecular formula is C19H20N2O5. The maximum Gasteiger partial charge on any atom is 0.337 e. The van der Waals surface area contributed by atoms with Crippen LogP contribution in [0.5, 0.6) is 0 Å². The Labute approximate surface area is 150 Å². The van der Waals surface area contributed by atoms with E-state index in [1.807, 2.05) is 6.92 Å². The number of benzene rings is 1. The minimum Gasteiger partial charge on any atom is -0.478 e. The second kappa shape index (κ2) is 7.63. The lowest BCUT2D eigenvalue weighted by atomic mass is 10.1. The minimum atomic E-state index is -1.03. The number of amides is 1. The van der Waals surface area contributed by atoms with Gasteiger partial charge in [0.25, 0.3) is 5.91 Å². The van der Waals surface area contributed by atoms with Gasteiger partial charge in [0.2, 0.25) is 0 Å². The SMILES string of the molecule is CCN(C(=O)c1ccc(-c2ccc(C(=O)O)cn2)cc1)[C@H]1COC[C@@H]1O. The predicted octanol–water partition coefficient (Wildman–Crippen LogP) is 1.67. The number of hydrogen-bond acceptors (Lipinski definition) is 5. The van der Waals surface area contributed by atoms with Gasteiger partial charge in [0.15, 0.2) is 0 Å². The van der Waals surface area contributed by atoms with Crippen LogP contribution in [0.1, 0.15) is 27.6 Å². The van der Waals surface area contributed by atoms with Gasteiger partial charge in [-0.3, -0.25) is 9.78 Å². The van der Waals surface area contributed by atoms with Gasteiger partial charge in [-0.15, -0.1) is 0 Å². The average molecular weight is 356 g/mol. The van der Waals surface area contributed by atoms with E-state index < -0.39 is 12.1 Å². The van der Waals surface area contributed by atoms with Gasteiger partial charge in [0.05, 0.1) is 36.6 Å². The van der Waals surface area contributed by atoms with Crippen LogP contribution >= 0.6 is 0 Å². The molecule has 2 aromatic rings. The molecule has 0 unspecified atom stereocenters. The number of carboxylic acids is 1. The van der Waals surface area contributed by atoms with Crippen LogP contribution in [-0.4, -0.2) is 63.9 Å². The van der Waals surface area contributed by atoms with Crippen LogP contribution < -0.4 is 0 Å². The fourth-order valence-electron chi connectivity index (χ4n) is 3.00. The summed E-state index contributed by atoms with van der Waals surface area (Å²) >= 11 is 0. The monoisotopic (exact) mass is 356 g/mol. The van der Waals surface area contributed by atoms with Gasteiger partial charge in [0, 0.05) is 23.9 Å². The number of carbonyl (C=O) groups is 2. The maximum atomic E-state index is 12.8. The zero-order valence-electron chi connectivity index (χ0n) is 14.3. The third kappa shape index (κ3) is 3.58. The molecule has 1 amide bonds. The first-order valence-electron chi connectivity index (χ1n) is 8.37. The van der Waals surface area contributed by atoms with Crippen molar-refractivity contribution in [1.29, 1.82) is 0 Å². The fraction of sp³-hybridized carbons (Fsp3) is 0.316. The highest BCUT2D eigenvalue weighted by molar-refractivity contribution is 5.95. The molecule has 1 saturated heterocycles. The molecule has 1 fully saturated rings. The zero-order valence-corrected chi connectivity index (χ0v) is 14.3. The lowest BCUT2D eigenvalue weighted by Gasteiger charge is -2.28. The number of aliphatic hydroxyl groups is 1. The summed E-state index contributed by atoms with van der Waals surface area (Å²) < 4.78 is 5.25. The fourth-order valence-corrected chi connectivity index (χ4v) is 3.00. The summed E-state index contributed by atoms with van der Waals surface area (Å²) in [5.74, 6) is -1.19. The third-order valence-electron chi connectivity index (χ3n) is 4.46. The van der Waals surface area contributed by atoms with Gasteiger partial charge in [-0.1, -0.05) is 12.1 Å². The molecule has 1 aromatic carbocycles. The van der Waals surface area contributed by atoms with E-state index in [4.69, 9.17) is 9.84 Å². The molecular weight excluding hydrogens is 336 g/mol. The molecule has 1 aromatic heterocycles. The van der Waals surface area contributed by atoms with Crippen LogP contribution in [-0.2, 0) is 4.74 Å². The molecule has 3 rings (SSSR count). The molecule has 0 radical (unpaired) electrons. The normalized spacial score (nSPS) is 19.3. The number of rotatable bonds is 5. The number of likely N-dealkylation sites (N-methyl/N-ethyl adjacent to an activating group) is 1. The van der Waals surface area contributed by atoms with Crippen molar-refractivity contribution in [3.05, 3.63) is 53.7 Å². The van der Waals surface area contributed by atoms with E-state index in [9.17, 15) is 14.7 Å². The summed E-state index contributed by atoms with van der Waals surface area (Å²) in [6.45, 7) is 2.92. The maximum absolute atomic E-state index is 12.8. The standard InChI is InChI=1S/C19H20N2O5/c1-2-21(16-10-26-11-17(16)22)18(23)13-5-3-12(4-6-13)15-8-7-14(9-20-15)19(24)25/h3-9,16-17,22H,2,10-11H2,1H3,(H,24,25)/t16-,17-/m0/s1. The number of aromatic carboxylic acids is 1. The van der Waals surface area contributed by atoms with Crippen molar-refractivity contribution in [3.63, 3.8) is 0 Å². The molecule has 26 heavy (non-hydrogen) atoms. The number of aliphatic hydroxyl groups excluding tert-OH is 1. The molecule has 7 nitrogen and oxygen atoms in total. The van der Waals surface area contributed by atoms with Crippen molar-refractivity contribution in [2.45, 2.75) is 19.1 Å². The van der Waals surface area contributed by atoms with Crippen LogP contribution in [0.15, 0.2) is 42.6 Å². The van der Waals surface area contributed by atoms with Crippen LogP contribution in [0.25, 0.3) is 11.3 Å². The Bertz CT molecular complexity index is 789. The number of carboxylic acid groups (broad SMARTS) is 1. The Balaban J connectivity index is 1.77. The van der Waals surface area contributed by atoms with Gasteiger partial charge in [-0.05, 0) is 31.2 Å². The highest BCUT2D eigenvalue weighted by atomic mass is 16.5. The first-order chi connectivity index (χ1) is 12.5. The third-order valence-corrected chi connectivity index (χ3v) is 4.46. The Kier molecular flexibility index (Phi) is 5.29. The molecule has 7 heteroatoms. The summed E-state index contributed by atoms with van der Waals surface area (Å²) in [7, 11) is 0. The second-order valence-electron chi connectivity index (χ2n) is 6.08. The Hall–Kier alpha value is -2.77. The van der Waals surface area contributed by atoms with Crippen molar-refractivity contribution < 1.29 is 24.5 Å². The average Bonchev–Trinajstić information content (AvgIpc) is 3.08. The number of ether oxygens (including phenoxy) is 1. The summed E-state index contributed by atoms with van der Waals surface area (Å²) in [5, 5.41) is 18.9. The molecule has 0 saturated carbocycles. The van der Waals surface area contributed by atoms with Crippen molar-refractivity contribution in [3.8, 4) is 11.3 Å². The molecule has 0 spiro atoms. The minimum absolute atomic E-state index is 0.122. The molecule has 2 N–H and O–H groups in total. The van der Waals surface area contributed by atoms with Gasteiger partial charge in [0.1, 0.15) is 0 Å². The van der Waals surface area contributed by atoms with E-state index in [1.165, 1.54) is 12.3 Å². The van der Waals surface area contributed by atoms with Gasteiger partial charge >= 0.3 is 5.97 Å². The lowest BCUT2D eigenvalue weighted by molar-refractivity contribution is 0.0520. The summed E-state index contributed by atoms with van der Waals surface area (Å²) in [6.07, 6.45) is 0.631. The zero-order chi connectivity index (χ0) is 18.7. The summed E-state index contributed by atoms with van der Waals surface area (Å²) in [4.78, 5) is 29.4. The van der Waals surface area contributed by atoms with E-state index in [0.717, 1.165) is 5.56 Å². The Morgan fingerprint density at radius 1 is 1.15 bits per heavy atom. The number of carbonyl (C=O) groups excluding carboxylic acids is 1. The summed E-state index contributed by atoms with van der Waals surface area (Å²) in [5.41, 5.74) is 2.04. The van der Waals surface area contributed by atoms with E-state index in [-0.39, 0.29) is 24.1 Å². The van der Waals surface area contributed by atoms with E-state index >= 15 is 0 Å². The molecule has 1 aliphatic rings. The van der Waals surface area contributed by atoms with E-state index in [1.54, 1.807) is 35.2 Å². The number of pyridine rings is 1. The predicted molar refractivity (Wildman–Crippen MR) is 94.0 cm³/mol. The van der Waals surface area contributed by atoms with Crippen molar-refractivity contribution in [1.82, 2.24) is 9.88 Å². The smallest absolute Gasteiger partial charge is 0.337 e. The lowest BCUT2D eigenvalue weighted by Crippen LogP contribution is -2.46. The first kappa shape index (κ1) is 18.0. The summed E-state index contributed by atoms with van der Waals surface area (Å²) in [6, 6.07) is 9.73. The second-order valence-corrected chi connectivity index (χ2v) is 6.08. The molecule has 1 aliphatic heterocycles. The quantitative estimate of drug-likeness (QED) is 0.845. The van der Waals surface area contributed by atoms with E-state index in [2.05, 4.69) is 4.98 Å². The van der Waals surface area contributed by atoms with Gasteiger partial charge in [-0.25, -0.2) is 4.79 Å². The Morgan fingerprint density at radius 2 is 1.85 bits per heavy atom. The van der Waals surface area contributed by atoms with Crippen LogP contribution in [0.3, 0.4) is 0 Å². The number of nitrogens with zero attached hydrogens (tertiary/aromatic N) is 2. The highest BCUT2D eigenvalue weighted by Crippen LogP contribution is 2.21. The molecule has 2 atom stereocenters.